The monoisotopic (exact) mass is 420 g/mol. The maximum Gasteiger partial charge on any atom is 0.223 e. The first kappa shape index (κ1) is 21.0. The van der Waals surface area contributed by atoms with Gasteiger partial charge in [-0.3, -0.25) is 9.69 Å². The maximum absolute atomic E-state index is 12.5. The predicted molar refractivity (Wildman–Crippen MR) is 114 cm³/mol. The average molecular weight is 421 g/mol. The summed E-state index contributed by atoms with van der Waals surface area (Å²) in [5, 5.41) is 4.41. The molecule has 1 saturated heterocycles. The van der Waals surface area contributed by atoms with Crippen LogP contribution < -0.4 is 10.1 Å². The van der Waals surface area contributed by atoms with Gasteiger partial charge in [-0.05, 0) is 68.2 Å². The Morgan fingerprint density at radius 3 is 2.68 bits per heavy atom. The summed E-state index contributed by atoms with van der Waals surface area (Å²) in [4.78, 5) is 14.9. The van der Waals surface area contributed by atoms with E-state index in [4.69, 9.17) is 27.9 Å². The first-order valence-electron chi connectivity index (χ1n) is 9.71. The molecule has 0 aromatic heterocycles. The van der Waals surface area contributed by atoms with Crippen molar-refractivity contribution in [2.24, 2.45) is 5.92 Å². The second-order valence-corrected chi connectivity index (χ2v) is 7.93. The van der Waals surface area contributed by atoms with E-state index in [1.54, 1.807) is 6.07 Å². The van der Waals surface area contributed by atoms with Crippen LogP contribution in [0.25, 0.3) is 0 Å². The number of rotatable bonds is 7. The molecule has 1 fully saturated rings. The van der Waals surface area contributed by atoms with Gasteiger partial charge in [0.1, 0.15) is 5.75 Å². The molecule has 1 heterocycles. The SMILES string of the molecule is CCOc1cccc(CNC(=O)C2CCN(Cc3ccc(Cl)cc3Cl)CC2)c1. The lowest BCUT2D eigenvalue weighted by Gasteiger charge is -2.31. The minimum atomic E-state index is 0.0621. The summed E-state index contributed by atoms with van der Waals surface area (Å²) in [7, 11) is 0. The fourth-order valence-electron chi connectivity index (χ4n) is 3.49. The highest BCUT2D eigenvalue weighted by molar-refractivity contribution is 6.35. The van der Waals surface area contributed by atoms with E-state index in [1.165, 1.54) is 0 Å². The molecule has 0 saturated carbocycles. The lowest BCUT2D eigenvalue weighted by Crippen LogP contribution is -2.40. The van der Waals surface area contributed by atoms with Gasteiger partial charge in [-0.15, -0.1) is 0 Å². The minimum absolute atomic E-state index is 0.0621. The normalized spacial score (nSPS) is 15.4. The standard InChI is InChI=1S/C22H26Cl2N2O2/c1-2-28-20-5-3-4-16(12-20)14-25-22(27)17-8-10-26(11-9-17)15-18-6-7-19(23)13-21(18)24/h3-7,12-13,17H,2,8-11,14-15H2,1H3,(H,25,27). The highest BCUT2D eigenvalue weighted by Gasteiger charge is 2.25. The van der Waals surface area contributed by atoms with Gasteiger partial charge in [0, 0.05) is 29.1 Å². The van der Waals surface area contributed by atoms with Crippen molar-refractivity contribution in [3.63, 3.8) is 0 Å². The molecular weight excluding hydrogens is 395 g/mol. The van der Waals surface area contributed by atoms with Crippen LogP contribution in [0.3, 0.4) is 0 Å². The van der Waals surface area contributed by atoms with Crippen LogP contribution >= 0.6 is 23.2 Å². The number of ether oxygens (including phenoxy) is 1. The van der Waals surface area contributed by atoms with Gasteiger partial charge >= 0.3 is 0 Å². The summed E-state index contributed by atoms with van der Waals surface area (Å²) in [6, 6.07) is 13.5. The number of carbonyl (C=O) groups is 1. The largest absolute Gasteiger partial charge is 0.494 e. The number of halogens is 2. The number of carbonyl (C=O) groups excluding carboxylic acids is 1. The number of piperidine rings is 1. The molecule has 6 heteroatoms. The number of amides is 1. The number of hydrogen-bond donors (Lipinski definition) is 1. The van der Waals surface area contributed by atoms with E-state index >= 15 is 0 Å². The molecule has 150 valence electrons. The number of nitrogens with one attached hydrogen (secondary N) is 1. The zero-order valence-electron chi connectivity index (χ0n) is 16.1. The fraction of sp³-hybridized carbons (Fsp3) is 0.409. The molecule has 1 amide bonds. The lowest BCUT2D eigenvalue weighted by molar-refractivity contribution is -0.126. The molecule has 1 N–H and O–H groups in total. The number of benzene rings is 2. The van der Waals surface area contributed by atoms with Gasteiger partial charge in [-0.25, -0.2) is 0 Å². The van der Waals surface area contributed by atoms with E-state index < -0.39 is 0 Å². The summed E-state index contributed by atoms with van der Waals surface area (Å²) in [6.07, 6.45) is 1.71. The Hall–Kier alpha value is -1.75. The first-order chi connectivity index (χ1) is 13.5. The molecule has 28 heavy (non-hydrogen) atoms. The molecule has 2 aromatic carbocycles. The Morgan fingerprint density at radius 1 is 1.18 bits per heavy atom. The van der Waals surface area contributed by atoms with Gasteiger partial charge in [-0.2, -0.15) is 0 Å². The highest BCUT2D eigenvalue weighted by Crippen LogP contribution is 2.25. The summed E-state index contributed by atoms with van der Waals surface area (Å²) in [5.74, 6) is 1.03. The third kappa shape index (κ3) is 5.87. The van der Waals surface area contributed by atoms with E-state index in [9.17, 15) is 4.79 Å². The summed E-state index contributed by atoms with van der Waals surface area (Å²) < 4.78 is 5.51. The predicted octanol–water partition coefficient (Wildman–Crippen LogP) is 4.92. The second kappa shape index (κ2) is 10.1. The summed E-state index contributed by atoms with van der Waals surface area (Å²) in [6.45, 7) is 5.68. The van der Waals surface area contributed by atoms with Gasteiger partial charge in [0.15, 0.2) is 0 Å². The molecule has 1 aliphatic rings. The van der Waals surface area contributed by atoms with Gasteiger partial charge in [0.25, 0.3) is 0 Å². The van der Waals surface area contributed by atoms with E-state index in [0.717, 1.165) is 49.4 Å². The highest BCUT2D eigenvalue weighted by atomic mass is 35.5. The van der Waals surface area contributed by atoms with Crippen molar-refractivity contribution in [2.45, 2.75) is 32.9 Å². The Bertz CT molecular complexity index is 805. The fourth-order valence-corrected chi connectivity index (χ4v) is 3.96. The molecule has 3 rings (SSSR count). The zero-order valence-corrected chi connectivity index (χ0v) is 17.6. The van der Waals surface area contributed by atoms with Crippen LogP contribution in [0.4, 0.5) is 0 Å². The molecular formula is C22H26Cl2N2O2. The van der Waals surface area contributed by atoms with Crippen LogP contribution in [0.1, 0.15) is 30.9 Å². The molecule has 0 unspecified atom stereocenters. The first-order valence-corrected chi connectivity index (χ1v) is 10.5. The van der Waals surface area contributed by atoms with Crippen molar-refractivity contribution in [1.82, 2.24) is 10.2 Å². The van der Waals surface area contributed by atoms with Crippen molar-refractivity contribution < 1.29 is 9.53 Å². The van der Waals surface area contributed by atoms with Crippen molar-refractivity contribution in [2.75, 3.05) is 19.7 Å². The van der Waals surface area contributed by atoms with Crippen LogP contribution in [0.15, 0.2) is 42.5 Å². The van der Waals surface area contributed by atoms with E-state index in [2.05, 4.69) is 10.2 Å². The van der Waals surface area contributed by atoms with Crippen LogP contribution in [-0.2, 0) is 17.9 Å². The molecule has 4 nitrogen and oxygen atoms in total. The smallest absolute Gasteiger partial charge is 0.223 e. The van der Waals surface area contributed by atoms with Gasteiger partial charge < -0.3 is 10.1 Å². The molecule has 1 aliphatic heterocycles. The summed E-state index contributed by atoms with van der Waals surface area (Å²) in [5.41, 5.74) is 2.12. The average Bonchev–Trinajstić information content (AvgIpc) is 2.69. The Kier molecular flexibility index (Phi) is 7.60. The van der Waals surface area contributed by atoms with Crippen LogP contribution in [-0.4, -0.2) is 30.5 Å². The molecule has 0 atom stereocenters. The Morgan fingerprint density at radius 2 is 1.96 bits per heavy atom. The number of hydrogen-bond acceptors (Lipinski definition) is 3. The van der Waals surface area contributed by atoms with Crippen LogP contribution in [0.5, 0.6) is 5.75 Å². The molecule has 0 spiro atoms. The van der Waals surface area contributed by atoms with Crippen molar-refractivity contribution in [3.8, 4) is 5.75 Å². The molecule has 2 aromatic rings. The van der Waals surface area contributed by atoms with Crippen molar-refractivity contribution in [3.05, 3.63) is 63.6 Å². The third-order valence-corrected chi connectivity index (χ3v) is 5.63. The lowest BCUT2D eigenvalue weighted by atomic mass is 9.95. The van der Waals surface area contributed by atoms with Gasteiger partial charge in [0.05, 0.1) is 6.61 Å². The Labute approximate surface area is 176 Å². The van der Waals surface area contributed by atoms with Crippen molar-refractivity contribution in [1.29, 1.82) is 0 Å². The third-order valence-electron chi connectivity index (χ3n) is 5.04. The molecule has 0 aliphatic carbocycles. The topological polar surface area (TPSA) is 41.6 Å². The van der Waals surface area contributed by atoms with E-state index in [-0.39, 0.29) is 11.8 Å². The number of nitrogens with zero attached hydrogens (tertiary/aromatic N) is 1. The minimum Gasteiger partial charge on any atom is -0.494 e. The zero-order chi connectivity index (χ0) is 19.9. The summed E-state index contributed by atoms with van der Waals surface area (Å²) >= 11 is 12.2. The van der Waals surface area contributed by atoms with E-state index in [1.807, 2.05) is 43.3 Å². The van der Waals surface area contributed by atoms with Crippen LogP contribution in [0.2, 0.25) is 10.0 Å². The quantitative estimate of drug-likeness (QED) is 0.690. The van der Waals surface area contributed by atoms with Gasteiger partial charge in [-0.1, -0.05) is 41.4 Å². The Balaban J connectivity index is 1.45. The number of likely N-dealkylation sites (tertiary alicyclic amines) is 1. The van der Waals surface area contributed by atoms with Crippen LogP contribution in [0, 0.1) is 5.92 Å². The second-order valence-electron chi connectivity index (χ2n) is 7.08. The molecule has 0 radical (unpaired) electrons. The maximum atomic E-state index is 12.5. The van der Waals surface area contributed by atoms with E-state index in [0.29, 0.717) is 23.2 Å². The van der Waals surface area contributed by atoms with Gasteiger partial charge in [0.2, 0.25) is 5.91 Å². The van der Waals surface area contributed by atoms with Crippen molar-refractivity contribution >= 4 is 29.1 Å². The molecule has 0 bridgehead atoms.